The lowest BCUT2D eigenvalue weighted by Gasteiger charge is -2.01. The summed E-state index contributed by atoms with van der Waals surface area (Å²) in [6.07, 6.45) is 25.6. The maximum absolute atomic E-state index is 8.62. The summed E-state index contributed by atoms with van der Waals surface area (Å²) >= 11 is 0. The molecule has 0 aliphatic heterocycles. The Hall–Kier alpha value is -0.920. The number of aliphatic hydroxyl groups is 1. The molecule has 0 unspecified atom stereocenters. The third kappa shape index (κ3) is 25.1. The van der Waals surface area contributed by atoms with Gasteiger partial charge in [-0.1, -0.05) is 90.4 Å². The van der Waals surface area contributed by atoms with E-state index in [1.807, 2.05) is 0 Å². The minimum absolute atomic E-state index is 0.188. The Morgan fingerprint density at radius 1 is 0.407 bits per heavy atom. The van der Waals surface area contributed by atoms with Crippen molar-refractivity contribution < 1.29 is 5.11 Å². The lowest BCUT2D eigenvalue weighted by atomic mass is 10.1. The number of hydrogen-bond acceptors (Lipinski definition) is 1. The van der Waals surface area contributed by atoms with Gasteiger partial charge in [0.2, 0.25) is 0 Å². The number of unbranched alkanes of at least 4 members (excludes halogenated alkanes) is 17. The highest BCUT2D eigenvalue weighted by atomic mass is 16.2. The highest BCUT2D eigenvalue weighted by Gasteiger charge is 1.92. The lowest BCUT2D eigenvalue weighted by Crippen LogP contribution is -1.82. The Kier molecular flexibility index (Phi) is 24.2. The van der Waals surface area contributed by atoms with Crippen LogP contribution >= 0.6 is 0 Å². The van der Waals surface area contributed by atoms with E-state index in [9.17, 15) is 0 Å². The van der Waals surface area contributed by atoms with Crippen LogP contribution in [-0.2, 0) is 0 Å². The molecule has 0 radical (unpaired) electrons. The van der Waals surface area contributed by atoms with Crippen molar-refractivity contribution in [1.29, 1.82) is 0 Å². The van der Waals surface area contributed by atoms with E-state index in [0.29, 0.717) is 6.42 Å². The predicted octanol–water partition coefficient (Wildman–Crippen LogP) is 7.81. The molecule has 0 aromatic heterocycles. The fourth-order valence-corrected chi connectivity index (χ4v) is 3.24. The number of hydrogen-bond donors (Lipinski definition) is 1. The molecule has 0 saturated heterocycles. The molecular weight excluding hydrogens is 328 g/mol. The zero-order chi connectivity index (χ0) is 19.7. The van der Waals surface area contributed by atoms with Crippen molar-refractivity contribution in [3.05, 3.63) is 0 Å². The molecule has 0 aromatic carbocycles. The van der Waals surface area contributed by atoms with Crippen molar-refractivity contribution in [1.82, 2.24) is 0 Å². The molecule has 1 nitrogen and oxygen atoms in total. The molecule has 1 N–H and O–H groups in total. The largest absolute Gasteiger partial charge is 0.395 e. The van der Waals surface area contributed by atoms with Gasteiger partial charge in [0, 0.05) is 25.7 Å². The van der Waals surface area contributed by atoms with Gasteiger partial charge in [-0.25, -0.2) is 0 Å². The second-order valence-electron chi connectivity index (χ2n) is 7.73. The minimum Gasteiger partial charge on any atom is -0.395 e. The number of aliphatic hydroxyl groups excluding tert-OH is 1. The summed E-state index contributed by atoms with van der Waals surface area (Å²) in [5.74, 6) is 12.8. The van der Waals surface area contributed by atoms with Crippen LogP contribution in [0.25, 0.3) is 0 Å². The zero-order valence-electron chi connectivity index (χ0n) is 18.3. The maximum Gasteiger partial charge on any atom is 0.0540 e. The molecule has 0 rings (SSSR count). The summed E-state index contributed by atoms with van der Waals surface area (Å²) in [6.45, 7) is 2.47. The average Bonchev–Trinajstić information content (AvgIpc) is 2.68. The first-order valence-electron chi connectivity index (χ1n) is 11.9. The van der Waals surface area contributed by atoms with E-state index in [1.165, 1.54) is 103 Å². The molecule has 0 amide bonds. The van der Waals surface area contributed by atoms with E-state index in [1.54, 1.807) is 0 Å². The molecular formula is C26H46O. The second kappa shape index (κ2) is 25.1. The quantitative estimate of drug-likeness (QED) is 0.191. The first-order chi connectivity index (χ1) is 13.4. The molecule has 0 saturated carbocycles. The highest BCUT2D eigenvalue weighted by molar-refractivity contribution is 4.99. The van der Waals surface area contributed by atoms with Crippen LogP contribution in [0.15, 0.2) is 0 Å². The standard InChI is InChI=1S/C26H46O/c1-2-3-4-5-6-7-8-9-10-11-12-13-14-15-16-17-18-19-20-21-22-23-24-25-26-27/h27H,2-13,16-22,25-26H2,1H3. The van der Waals surface area contributed by atoms with Crippen molar-refractivity contribution in [3.63, 3.8) is 0 Å². The van der Waals surface area contributed by atoms with Gasteiger partial charge in [0.25, 0.3) is 0 Å². The van der Waals surface area contributed by atoms with Crippen molar-refractivity contribution in [2.75, 3.05) is 6.61 Å². The summed E-state index contributed by atoms with van der Waals surface area (Å²) in [5.41, 5.74) is 0. The van der Waals surface area contributed by atoms with Crippen molar-refractivity contribution >= 4 is 0 Å². The Labute approximate surface area is 171 Å². The maximum atomic E-state index is 8.62. The Balaban J connectivity index is 3.13. The molecule has 1 heteroatoms. The van der Waals surface area contributed by atoms with Gasteiger partial charge in [-0.05, 0) is 19.3 Å². The zero-order valence-corrected chi connectivity index (χ0v) is 18.3. The third-order valence-corrected chi connectivity index (χ3v) is 5.00. The second-order valence-corrected chi connectivity index (χ2v) is 7.73. The van der Waals surface area contributed by atoms with Gasteiger partial charge in [0.15, 0.2) is 0 Å². The van der Waals surface area contributed by atoms with Gasteiger partial charge in [-0.2, -0.15) is 0 Å². The van der Waals surface area contributed by atoms with E-state index in [2.05, 4.69) is 30.6 Å². The normalized spacial score (nSPS) is 10.1. The van der Waals surface area contributed by atoms with Gasteiger partial charge < -0.3 is 5.11 Å². The number of rotatable bonds is 18. The molecule has 0 aliphatic carbocycles. The molecule has 27 heavy (non-hydrogen) atoms. The molecule has 0 atom stereocenters. The van der Waals surface area contributed by atoms with Crippen LogP contribution in [0.2, 0.25) is 0 Å². The van der Waals surface area contributed by atoms with Crippen LogP contribution < -0.4 is 0 Å². The summed E-state index contributed by atoms with van der Waals surface area (Å²) in [7, 11) is 0. The van der Waals surface area contributed by atoms with Crippen LogP contribution in [0.5, 0.6) is 0 Å². The smallest absolute Gasteiger partial charge is 0.0540 e. The van der Waals surface area contributed by atoms with Gasteiger partial charge in [0.1, 0.15) is 0 Å². The molecule has 0 fully saturated rings. The first-order valence-corrected chi connectivity index (χ1v) is 11.9. The first kappa shape index (κ1) is 26.1. The Bertz CT molecular complexity index is 390. The summed E-state index contributed by atoms with van der Waals surface area (Å²) in [6, 6.07) is 0. The van der Waals surface area contributed by atoms with Gasteiger partial charge in [-0.15, -0.1) is 23.7 Å². The fraction of sp³-hybridized carbons (Fsp3) is 0.846. The third-order valence-electron chi connectivity index (χ3n) is 5.00. The summed E-state index contributed by atoms with van der Waals surface area (Å²) in [4.78, 5) is 0. The van der Waals surface area contributed by atoms with E-state index >= 15 is 0 Å². The van der Waals surface area contributed by atoms with E-state index in [-0.39, 0.29) is 6.61 Å². The van der Waals surface area contributed by atoms with Crippen molar-refractivity contribution in [2.45, 2.75) is 135 Å². The average molecular weight is 375 g/mol. The minimum atomic E-state index is 0.188. The SMILES string of the molecule is CCCCCCCCCCCCCC#CCCCCCCCC#CCCO. The van der Waals surface area contributed by atoms with Gasteiger partial charge >= 0.3 is 0 Å². The Morgan fingerprint density at radius 3 is 1.04 bits per heavy atom. The topological polar surface area (TPSA) is 20.2 Å². The van der Waals surface area contributed by atoms with Gasteiger partial charge in [0.05, 0.1) is 6.61 Å². The molecule has 156 valence electrons. The van der Waals surface area contributed by atoms with Crippen LogP contribution in [-0.4, -0.2) is 11.7 Å². The summed E-state index contributed by atoms with van der Waals surface area (Å²) in [5, 5.41) is 8.62. The van der Waals surface area contributed by atoms with Crippen LogP contribution in [0.1, 0.15) is 135 Å². The highest BCUT2D eigenvalue weighted by Crippen LogP contribution is 2.12. The van der Waals surface area contributed by atoms with Crippen molar-refractivity contribution in [3.8, 4) is 23.7 Å². The Morgan fingerprint density at radius 2 is 0.704 bits per heavy atom. The molecule has 0 bridgehead atoms. The van der Waals surface area contributed by atoms with E-state index in [0.717, 1.165) is 19.3 Å². The molecule has 0 spiro atoms. The van der Waals surface area contributed by atoms with Crippen molar-refractivity contribution in [2.24, 2.45) is 0 Å². The lowest BCUT2D eigenvalue weighted by molar-refractivity contribution is 0.305. The van der Waals surface area contributed by atoms with E-state index in [4.69, 9.17) is 5.11 Å². The van der Waals surface area contributed by atoms with E-state index < -0.39 is 0 Å². The van der Waals surface area contributed by atoms with Crippen LogP contribution in [0.4, 0.5) is 0 Å². The van der Waals surface area contributed by atoms with Gasteiger partial charge in [-0.3, -0.25) is 0 Å². The predicted molar refractivity (Wildman–Crippen MR) is 121 cm³/mol. The molecule has 0 aromatic rings. The fourth-order valence-electron chi connectivity index (χ4n) is 3.24. The van der Waals surface area contributed by atoms with Crippen LogP contribution in [0, 0.1) is 23.7 Å². The molecule has 0 aliphatic rings. The summed E-state index contributed by atoms with van der Waals surface area (Å²) < 4.78 is 0. The van der Waals surface area contributed by atoms with Crippen LogP contribution in [0.3, 0.4) is 0 Å². The monoisotopic (exact) mass is 374 g/mol. The molecule has 0 heterocycles.